The van der Waals surface area contributed by atoms with E-state index in [1.54, 1.807) is 0 Å². The van der Waals surface area contributed by atoms with Crippen molar-refractivity contribution in [3.8, 4) is 0 Å². The van der Waals surface area contributed by atoms with Crippen molar-refractivity contribution in [3.63, 3.8) is 0 Å². The zero-order chi connectivity index (χ0) is 18.9. The van der Waals surface area contributed by atoms with E-state index in [-0.39, 0.29) is 40.0 Å². The van der Waals surface area contributed by atoms with Crippen LogP contribution in [-0.2, 0) is 19.1 Å². The molecule has 0 aromatic rings. The molecule has 0 N–H and O–H groups in total. The van der Waals surface area contributed by atoms with Crippen molar-refractivity contribution in [2.24, 2.45) is 22.7 Å². The van der Waals surface area contributed by atoms with E-state index in [1.807, 2.05) is 0 Å². The maximum Gasteiger partial charge on any atom is 0.227 e. The van der Waals surface area contributed by atoms with Crippen molar-refractivity contribution in [3.05, 3.63) is 23.2 Å². The van der Waals surface area contributed by atoms with E-state index >= 15 is 0 Å². The molecular weight excluding hydrogens is 328 g/mol. The molecule has 1 aliphatic heterocycles. The van der Waals surface area contributed by atoms with Gasteiger partial charge >= 0.3 is 0 Å². The summed E-state index contributed by atoms with van der Waals surface area (Å²) < 4.78 is 11.5. The second-order valence-electron chi connectivity index (χ2n) is 9.82. The molecule has 142 valence electrons. The van der Waals surface area contributed by atoms with Crippen LogP contribution in [0.3, 0.4) is 0 Å². The van der Waals surface area contributed by atoms with E-state index in [9.17, 15) is 9.59 Å². The van der Waals surface area contributed by atoms with Crippen molar-refractivity contribution < 1.29 is 19.1 Å². The average Bonchev–Trinajstić information content (AvgIpc) is 2.56. The molecule has 3 aliphatic carbocycles. The minimum atomic E-state index is -0.369. The number of carbonyl (C=O) groups is 2. The maximum atomic E-state index is 12.8. The fraction of sp³-hybridized carbons (Fsp3) is 0.727. The highest BCUT2D eigenvalue weighted by Crippen LogP contribution is 2.65. The summed E-state index contributed by atoms with van der Waals surface area (Å²) in [5.41, 5.74) is 0.603. The van der Waals surface area contributed by atoms with Gasteiger partial charge in [0.1, 0.15) is 5.60 Å². The summed E-state index contributed by atoms with van der Waals surface area (Å²) in [6.45, 7) is 9.34. The van der Waals surface area contributed by atoms with E-state index in [0.717, 1.165) is 12.8 Å². The Balaban J connectivity index is 1.77. The lowest BCUT2D eigenvalue weighted by molar-refractivity contribution is -0.186. The van der Waals surface area contributed by atoms with Gasteiger partial charge in [-0.3, -0.25) is 9.59 Å². The molecule has 2 saturated carbocycles. The van der Waals surface area contributed by atoms with Gasteiger partial charge in [0.05, 0.1) is 7.11 Å². The number of allylic oxidation sites excluding steroid dienone is 2. The molecular formula is C22H30O4. The third-order valence-corrected chi connectivity index (χ3v) is 7.96. The van der Waals surface area contributed by atoms with Crippen molar-refractivity contribution in [2.45, 2.75) is 71.8 Å². The highest BCUT2D eigenvalue weighted by molar-refractivity contribution is 6.21. The summed E-state index contributed by atoms with van der Waals surface area (Å²) >= 11 is 0. The number of fused-ring (bicyclic) bond motifs is 3. The summed E-state index contributed by atoms with van der Waals surface area (Å²) in [6, 6.07) is 0. The second kappa shape index (κ2) is 5.46. The third kappa shape index (κ3) is 2.26. The predicted molar refractivity (Wildman–Crippen MR) is 98.2 cm³/mol. The highest BCUT2D eigenvalue weighted by Gasteiger charge is 2.61. The molecule has 0 bridgehead atoms. The molecule has 26 heavy (non-hydrogen) atoms. The molecule has 0 saturated heterocycles. The topological polar surface area (TPSA) is 52.6 Å². The van der Waals surface area contributed by atoms with Gasteiger partial charge in [-0.15, -0.1) is 0 Å². The smallest absolute Gasteiger partial charge is 0.227 e. The number of ketones is 2. The van der Waals surface area contributed by atoms with Crippen LogP contribution in [0, 0.1) is 22.7 Å². The van der Waals surface area contributed by atoms with E-state index in [2.05, 4.69) is 27.7 Å². The standard InChI is InChI=1S/C22H30O4/c1-20(2)8-6-9-21(3)16(20)7-10-22(4)17(21)11-13-18(24)15(25-5)12-14(23)19(13)26-22/h12,16-17H,6-11H2,1-5H3/t16-,17?,21-,22+/m0/s1. The average molecular weight is 358 g/mol. The number of methoxy groups -OCH3 is 1. The van der Waals surface area contributed by atoms with Crippen molar-refractivity contribution in [2.75, 3.05) is 7.11 Å². The number of hydrogen-bond donors (Lipinski definition) is 0. The van der Waals surface area contributed by atoms with E-state index in [4.69, 9.17) is 9.47 Å². The van der Waals surface area contributed by atoms with Crippen molar-refractivity contribution in [1.29, 1.82) is 0 Å². The Morgan fingerprint density at radius 1 is 1.08 bits per heavy atom. The fourth-order valence-electron chi connectivity index (χ4n) is 6.71. The number of ether oxygens (including phenoxy) is 2. The molecule has 0 spiro atoms. The Labute approximate surface area is 156 Å². The molecule has 4 heteroatoms. The molecule has 1 heterocycles. The molecule has 0 amide bonds. The lowest BCUT2D eigenvalue weighted by atomic mass is 9.44. The lowest BCUT2D eigenvalue weighted by Crippen LogP contribution is -2.60. The van der Waals surface area contributed by atoms with E-state index < -0.39 is 0 Å². The SMILES string of the molecule is COC1=CC(=O)C2=C(CC3[C@@](C)(CC[C@H]4C(C)(C)CCC[C@]34C)O2)C1=O. The minimum absolute atomic E-state index is 0.130. The Kier molecular flexibility index (Phi) is 3.74. The zero-order valence-electron chi connectivity index (χ0n) is 16.6. The van der Waals surface area contributed by atoms with Crippen LogP contribution >= 0.6 is 0 Å². The minimum Gasteiger partial charge on any atom is -0.493 e. The molecule has 4 nitrogen and oxygen atoms in total. The predicted octanol–water partition coefficient (Wildman–Crippen LogP) is 4.34. The highest BCUT2D eigenvalue weighted by atomic mass is 16.5. The fourth-order valence-corrected chi connectivity index (χ4v) is 6.71. The molecule has 0 aromatic carbocycles. The van der Waals surface area contributed by atoms with Gasteiger partial charge in [0, 0.05) is 17.6 Å². The van der Waals surface area contributed by atoms with Crippen LogP contribution in [0.25, 0.3) is 0 Å². The van der Waals surface area contributed by atoms with Crippen LogP contribution < -0.4 is 0 Å². The molecule has 1 unspecified atom stereocenters. The van der Waals surface area contributed by atoms with Gasteiger partial charge in [0.15, 0.2) is 11.5 Å². The summed E-state index contributed by atoms with van der Waals surface area (Å²) in [5.74, 6) is 0.880. The maximum absolute atomic E-state index is 12.8. The van der Waals surface area contributed by atoms with Gasteiger partial charge < -0.3 is 9.47 Å². The molecule has 0 aromatic heterocycles. The van der Waals surface area contributed by atoms with Crippen molar-refractivity contribution >= 4 is 11.6 Å². The number of rotatable bonds is 1. The van der Waals surface area contributed by atoms with E-state index in [0.29, 0.717) is 23.3 Å². The third-order valence-electron chi connectivity index (χ3n) is 7.96. The molecule has 0 radical (unpaired) electrons. The summed E-state index contributed by atoms with van der Waals surface area (Å²) in [7, 11) is 1.44. The Hall–Kier alpha value is -1.58. The van der Waals surface area contributed by atoms with Crippen LogP contribution in [0.4, 0.5) is 0 Å². The number of carbonyl (C=O) groups excluding carboxylic acids is 2. The Bertz CT molecular complexity index is 743. The molecule has 4 rings (SSSR count). The van der Waals surface area contributed by atoms with Crippen LogP contribution in [0.1, 0.15) is 66.2 Å². The quantitative estimate of drug-likeness (QED) is 0.654. The van der Waals surface area contributed by atoms with Gasteiger partial charge in [0.25, 0.3) is 0 Å². The molecule has 4 aliphatic rings. The molecule has 2 fully saturated rings. The largest absolute Gasteiger partial charge is 0.493 e. The van der Waals surface area contributed by atoms with Crippen LogP contribution in [-0.4, -0.2) is 24.3 Å². The lowest BCUT2D eigenvalue weighted by Gasteiger charge is -2.63. The van der Waals surface area contributed by atoms with Crippen LogP contribution in [0.15, 0.2) is 23.2 Å². The van der Waals surface area contributed by atoms with Gasteiger partial charge in [-0.05, 0) is 55.8 Å². The summed E-state index contributed by atoms with van der Waals surface area (Å²) in [4.78, 5) is 25.4. The van der Waals surface area contributed by atoms with Crippen LogP contribution in [0.5, 0.6) is 0 Å². The van der Waals surface area contributed by atoms with Gasteiger partial charge in [-0.2, -0.15) is 0 Å². The number of hydrogen-bond acceptors (Lipinski definition) is 4. The summed E-state index contributed by atoms with van der Waals surface area (Å²) in [6.07, 6.45) is 7.62. The van der Waals surface area contributed by atoms with E-state index in [1.165, 1.54) is 32.4 Å². The van der Waals surface area contributed by atoms with Gasteiger partial charge in [-0.25, -0.2) is 0 Å². The normalized spacial score (nSPS) is 41.5. The second-order valence-corrected chi connectivity index (χ2v) is 9.82. The first-order valence-electron chi connectivity index (χ1n) is 9.89. The number of Topliss-reactive ketones (excluding diaryl/α,β-unsaturated/α-hetero) is 1. The first-order chi connectivity index (χ1) is 12.1. The van der Waals surface area contributed by atoms with Crippen LogP contribution in [0.2, 0.25) is 0 Å². The monoisotopic (exact) mass is 358 g/mol. The first kappa shape index (κ1) is 17.8. The first-order valence-corrected chi connectivity index (χ1v) is 9.89. The Morgan fingerprint density at radius 2 is 1.81 bits per heavy atom. The van der Waals surface area contributed by atoms with Gasteiger partial charge in [-0.1, -0.05) is 27.2 Å². The molecule has 4 atom stereocenters. The van der Waals surface area contributed by atoms with Crippen molar-refractivity contribution in [1.82, 2.24) is 0 Å². The summed E-state index contributed by atoms with van der Waals surface area (Å²) in [5, 5.41) is 0. The zero-order valence-corrected chi connectivity index (χ0v) is 16.6. The Morgan fingerprint density at radius 3 is 2.50 bits per heavy atom. The van der Waals surface area contributed by atoms with Gasteiger partial charge in [0.2, 0.25) is 11.6 Å².